The van der Waals surface area contributed by atoms with Gasteiger partial charge in [0.15, 0.2) is 0 Å². The molecule has 7 nitrogen and oxygen atoms in total. The second-order valence-electron chi connectivity index (χ2n) is 7.76. The van der Waals surface area contributed by atoms with E-state index in [1.807, 2.05) is 35.2 Å². The van der Waals surface area contributed by atoms with Gasteiger partial charge in [-0.2, -0.15) is 5.10 Å². The molecule has 2 aromatic rings. The summed E-state index contributed by atoms with van der Waals surface area (Å²) >= 11 is 0. The lowest BCUT2D eigenvalue weighted by molar-refractivity contribution is -0.138. The van der Waals surface area contributed by atoms with Crippen molar-refractivity contribution in [2.45, 2.75) is 31.6 Å². The maximum Gasteiger partial charge on any atom is 0.347 e. The minimum absolute atomic E-state index is 0.0770. The average Bonchev–Trinajstić information content (AvgIpc) is 3.10. The van der Waals surface area contributed by atoms with Crippen LogP contribution in [0.15, 0.2) is 35.1 Å². The Bertz CT molecular complexity index is 836. The molecule has 0 radical (unpaired) electrons. The summed E-state index contributed by atoms with van der Waals surface area (Å²) in [6.45, 7) is 3.42. The van der Waals surface area contributed by atoms with Crippen molar-refractivity contribution in [3.63, 3.8) is 0 Å². The standard InChI is InChI=1S/C20H27N5O2/c1-23-12-9-15(10-13-23)19(26)24-11-5-6-16(14-24)18-21-22-20(27)25(18)17-7-3-2-4-8-17/h2-4,7-8,15-16H,5-6,9-14H2,1H3,(H,22,27). The number of hydrogen-bond donors (Lipinski definition) is 1. The van der Waals surface area contributed by atoms with E-state index in [1.54, 1.807) is 4.57 Å². The molecule has 27 heavy (non-hydrogen) atoms. The Labute approximate surface area is 159 Å². The van der Waals surface area contributed by atoms with Gasteiger partial charge in [-0.15, -0.1) is 0 Å². The largest absolute Gasteiger partial charge is 0.347 e. The first-order chi connectivity index (χ1) is 13.1. The summed E-state index contributed by atoms with van der Waals surface area (Å²) in [6, 6.07) is 9.57. The average molecular weight is 369 g/mol. The van der Waals surface area contributed by atoms with Crippen molar-refractivity contribution >= 4 is 5.91 Å². The summed E-state index contributed by atoms with van der Waals surface area (Å²) in [5, 5.41) is 6.91. The van der Waals surface area contributed by atoms with Gasteiger partial charge in [-0.05, 0) is 58.0 Å². The second kappa shape index (κ2) is 7.68. The number of carbonyl (C=O) groups is 1. The topological polar surface area (TPSA) is 74.2 Å². The number of nitrogens with zero attached hydrogens (tertiary/aromatic N) is 4. The number of benzene rings is 1. The molecule has 3 heterocycles. The molecule has 1 amide bonds. The van der Waals surface area contributed by atoms with E-state index in [-0.39, 0.29) is 23.4 Å². The van der Waals surface area contributed by atoms with Gasteiger partial charge in [0, 0.05) is 24.9 Å². The number of aromatic nitrogens is 3. The van der Waals surface area contributed by atoms with Crippen LogP contribution in [0.2, 0.25) is 0 Å². The van der Waals surface area contributed by atoms with Crippen molar-refractivity contribution in [1.29, 1.82) is 0 Å². The summed E-state index contributed by atoms with van der Waals surface area (Å²) in [5.41, 5.74) is 0.583. The van der Waals surface area contributed by atoms with E-state index in [0.717, 1.165) is 56.8 Å². The number of para-hydroxylation sites is 1. The molecule has 4 rings (SSSR count). The van der Waals surface area contributed by atoms with Crippen LogP contribution in [0.1, 0.15) is 37.4 Å². The van der Waals surface area contributed by atoms with Crippen LogP contribution in [-0.4, -0.2) is 63.7 Å². The monoisotopic (exact) mass is 369 g/mol. The first kappa shape index (κ1) is 18.0. The first-order valence-electron chi connectivity index (χ1n) is 9.83. The van der Waals surface area contributed by atoms with Crippen LogP contribution in [0.25, 0.3) is 5.69 Å². The molecular formula is C20H27N5O2. The number of rotatable bonds is 3. The Balaban J connectivity index is 1.53. The predicted octanol–water partition coefficient (Wildman–Crippen LogP) is 1.61. The van der Waals surface area contributed by atoms with Gasteiger partial charge in [0.1, 0.15) is 5.82 Å². The van der Waals surface area contributed by atoms with Crippen LogP contribution in [0.3, 0.4) is 0 Å². The van der Waals surface area contributed by atoms with Gasteiger partial charge in [0.25, 0.3) is 0 Å². The van der Waals surface area contributed by atoms with Gasteiger partial charge >= 0.3 is 5.69 Å². The minimum atomic E-state index is -0.227. The van der Waals surface area contributed by atoms with Crippen LogP contribution in [-0.2, 0) is 4.79 Å². The number of amides is 1. The van der Waals surface area contributed by atoms with Crippen LogP contribution in [0, 0.1) is 5.92 Å². The molecule has 7 heteroatoms. The van der Waals surface area contributed by atoms with Gasteiger partial charge in [-0.25, -0.2) is 14.5 Å². The molecular weight excluding hydrogens is 342 g/mol. The van der Waals surface area contributed by atoms with Gasteiger partial charge in [0.2, 0.25) is 5.91 Å². The molecule has 2 saturated heterocycles. The zero-order valence-corrected chi connectivity index (χ0v) is 15.8. The molecule has 2 fully saturated rings. The molecule has 0 spiro atoms. The van der Waals surface area contributed by atoms with Crippen molar-refractivity contribution in [1.82, 2.24) is 24.6 Å². The molecule has 1 aromatic heterocycles. The summed E-state index contributed by atoms with van der Waals surface area (Å²) in [7, 11) is 2.11. The molecule has 1 aromatic carbocycles. The van der Waals surface area contributed by atoms with E-state index in [4.69, 9.17) is 0 Å². The van der Waals surface area contributed by atoms with Gasteiger partial charge in [-0.1, -0.05) is 18.2 Å². The number of hydrogen-bond acceptors (Lipinski definition) is 4. The zero-order chi connectivity index (χ0) is 18.8. The van der Waals surface area contributed by atoms with Gasteiger partial charge in [-0.3, -0.25) is 4.79 Å². The number of H-pyrrole nitrogens is 1. The van der Waals surface area contributed by atoms with E-state index >= 15 is 0 Å². The highest BCUT2D eigenvalue weighted by Gasteiger charge is 2.33. The van der Waals surface area contributed by atoms with Crippen LogP contribution < -0.4 is 5.69 Å². The van der Waals surface area contributed by atoms with Crippen LogP contribution >= 0.6 is 0 Å². The van der Waals surface area contributed by atoms with Crippen LogP contribution in [0.5, 0.6) is 0 Å². The lowest BCUT2D eigenvalue weighted by Crippen LogP contribution is -2.45. The fraction of sp³-hybridized carbons (Fsp3) is 0.550. The number of likely N-dealkylation sites (tertiary alicyclic amines) is 2. The Morgan fingerprint density at radius 3 is 2.59 bits per heavy atom. The molecule has 0 bridgehead atoms. The number of piperidine rings is 2. The van der Waals surface area contributed by atoms with Gasteiger partial charge in [0.05, 0.1) is 5.69 Å². The molecule has 1 unspecified atom stereocenters. The summed E-state index contributed by atoms with van der Waals surface area (Å²) in [5.74, 6) is 1.22. The fourth-order valence-corrected chi connectivity index (χ4v) is 4.31. The fourth-order valence-electron chi connectivity index (χ4n) is 4.31. The molecule has 2 aliphatic heterocycles. The summed E-state index contributed by atoms with van der Waals surface area (Å²) in [4.78, 5) is 29.6. The van der Waals surface area contributed by atoms with E-state index in [2.05, 4.69) is 22.1 Å². The number of aromatic amines is 1. The maximum atomic E-state index is 13.0. The molecule has 1 N–H and O–H groups in total. The Morgan fingerprint density at radius 1 is 1.11 bits per heavy atom. The summed E-state index contributed by atoms with van der Waals surface area (Å²) in [6.07, 6.45) is 3.76. The Hall–Kier alpha value is -2.41. The van der Waals surface area contributed by atoms with E-state index in [9.17, 15) is 9.59 Å². The van der Waals surface area contributed by atoms with E-state index in [1.165, 1.54) is 0 Å². The number of nitrogens with one attached hydrogen (secondary N) is 1. The van der Waals surface area contributed by atoms with E-state index < -0.39 is 0 Å². The van der Waals surface area contributed by atoms with E-state index in [0.29, 0.717) is 6.54 Å². The third-order valence-corrected chi connectivity index (χ3v) is 5.88. The molecule has 0 aliphatic carbocycles. The molecule has 1 atom stereocenters. The number of carbonyl (C=O) groups excluding carboxylic acids is 1. The molecule has 2 aliphatic rings. The quantitative estimate of drug-likeness (QED) is 0.892. The van der Waals surface area contributed by atoms with Crippen molar-refractivity contribution in [3.05, 3.63) is 46.6 Å². The van der Waals surface area contributed by atoms with Gasteiger partial charge < -0.3 is 9.80 Å². The normalized spacial score (nSPS) is 22.1. The Morgan fingerprint density at radius 2 is 1.85 bits per heavy atom. The third kappa shape index (κ3) is 3.69. The van der Waals surface area contributed by atoms with Crippen molar-refractivity contribution in [2.75, 3.05) is 33.2 Å². The van der Waals surface area contributed by atoms with Crippen molar-refractivity contribution in [3.8, 4) is 5.69 Å². The highest BCUT2D eigenvalue weighted by molar-refractivity contribution is 5.79. The van der Waals surface area contributed by atoms with Crippen LogP contribution in [0.4, 0.5) is 0 Å². The predicted molar refractivity (Wildman–Crippen MR) is 103 cm³/mol. The summed E-state index contributed by atoms with van der Waals surface area (Å²) < 4.78 is 1.65. The molecule has 0 saturated carbocycles. The minimum Gasteiger partial charge on any atom is -0.342 e. The van der Waals surface area contributed by atoms with Crippen molar-refractivity contribution in [2.24, 2.45) is 5.92 Å². The highest BCUT2D eigenvalue weighted by Crippen LogP contribution is 2.28. The first-order valence-corrected chi connectivity index (χ1v) is 9.83. The Kier molecular flexibility index (Phi) is 5.11. The zero-order valence-electron chi connectivity index (χ0n) is 15.8. The third-order valence-electron chi connectivity index (χ3n) is 5.88. The molecule has 144 valence electrons. The van der Waals surface area contributed by atoms with Crippen molar-refractivity contribution < 1.29 is 4.79 Å². The smallest absolute Gasteiger partial charge is 0.342 e. The SMILES string of the molecule is CN1CCC(C(=O)N2CCCC(c3n[nH]c(=O)n3-c3ccccc3)C2)CC1. The lowest BCUT2D eigenvalue weighted by Gasteiger charge is -2.36. The lowest BCUT2D eigenvalue weighted by atomic mass is 9.92. The second-order valence-corrected chi connectivity index (χ2v) is 7.76. The maximum absolute atomic E-state index is 13.0. The highest BCUT2D eigenvalue weighted by atomic mass is 16.2.